The normalized spacial score (nSPS) is 10.7. The molecule has 0 atom stereocenters. The molecule has 1 aromatic heterocycles. The summed E-state index contributed by atoms with van der Waals surface area (Å²) in [5, 5.41) is 8.81. The number of nitrogens with one attached hydrogen (secondary N) is 2. The SMILES string of the molecule is COc1cc(OC)c2c(=O)[nH]c(-c3ccc(OCCCCCC(=O)NO)cc3)nc2c1. The van der Waals surface area contributed by atoms with Crippen molar-refractivity contribution in [3.05, 3.63) is 46.8 Å². The van der Waals surface area contributed by atoms with Gasteiger partial charge in [-0.3, -0.25) is 14.8 Å². The van der Waals surface area contributed by atoms with Crippen molar-refractivity contribution in [3.8, 4) is 28.6 Å². The van der Waals surface area contributed by atoms with Crippen LogP contribution < -0.4 is 25.2 Å². The van der Waals surface area contributed by atoms with Crippen LogP contribution in [0.4, 0.5) is 0 Å². The smallest absolute Gasteiger partial charge is 0.262 e. The number of carbonyl (C=O) groups excluding carboxylic acids is 1. The summed E-state index contributed by atoms with van der Waals surface area (Å²) in [6.07, 6.45) is 2.59. The molecule has 31 heavy (non-hydrogen) atoms. The Bertz CT molecular complexity index is 1090. The van der Waals surface area contributed by atoms with Gasteiger partial charge in [-0.1, -0.05) is 0 Å². The van der Waals surface area contributed by atoms with Crippen molar-refractivity contribution < 1.29 is 24.2 Å². The minimum atomic E-state index is -0.381. The molecule has 0 aliphatic heterocycles. The zero-order valence-corrected chi connectivity index (χ0v) is 17.4. The molecule has 1 heterocycles. The number of unbranched alkanes of at least 4 members (excludes halogenated alkanes) is 2. The van der Waals surface area contributed by atoms with Gasteiger partial charge in [0.05, 0.1) is 26.3 Å². The molecular formula is C22H25N3O6. The van der Waals surface area contributed by atoms with Gasteiger partial charge in [-0.05, 0) is 43.5 Å². The van der Waals surface area contributed by atoms with Gasteiger partial charge in [-0.25, -0.2) is 10.5 Å². The lowest BCUT2D eigenvalue weighted by Gasteiger charge is -2.10. The molecule has 9 nitrogen and oxygen atoms in total. The Labute approximate surface area is 178 Å². The van der Waals surface area contributed by atoms with Gasteiger partial charge in [0.1, 0.15) is 28.5 Å². The second-order valence-electron chi connectivity index (χ2n) is 6.86. The molecule has 3 rings (SSSR count). The molecule has 0 saturated heterocycles. The molecule has 0 aliphatic rings. The van der Waals surface area contributed by atoms with Crippen LogP contribution >= 0.6 is 0 Å². The maximum atomic E-state index is 12.6. The van der Waals surface area contributed by atoms with Crippen LogP contribution in [0.2, 0.25) is 0 Å². The number of hydroxylamine groups is 1. The maximum Gasteiger partial charge on any atom is 0.262 e. The molecule has 0 saturated carbocycles. The number of aromatic amines is 1. The molecule has 0 radical (unpaired) electrons. The number of ether oxygens (including phenoxy) is 3. The van der Waals surface area contributed by atoms with E-state index < -0.39 is 0 Å². The number of nitrogens with zero attached hydrogens (tertiary/aromatic N) is 1. The molecule has 0 fully saturated rings. The van der Waals surface area contributed by atoms with Crippen LogP contribution in [0.25, 0.3) is 22.3 Å². The number of carbonyl (C=O) groups is 1. The molecule has 0 bridgehead atoms. The summed E-state index contributed by atoms with van der Waals surface area (Å²) < 4.78 is 16.3. The Kier molecular flexibility index (Phi) is 7.45. The lowest BCUT2D eigenvalue weighted by molar-refractivity contribution is -0.129. The first-order chi connectivity index (χ1) is 15.0. The highest BCUT2D eigenvalue weighted by atomic mass is 16.5. The monoisotopic (exact) mass is 427 g/mol. The van der Waals surface area contributed by atoms with Crippen LogP contribution in [-0.2, 0) is 4.79 Å². The average molecular weight is 427 g/mol. The fourth-order valence-electron chi connectivity index (χ4n) is 3.15. The lowest BCUT2D eigenvalue weighted by atomic mass is 10.1. The minimum Gasteiger partial charge on any atom is -0.497 e. The molecule has 9 heteroatoms. The van der Waals surface area contributed by atoms with Gasteiger partial charge in [-0.2, -0.15) is 0 Å². The van der Waals surface area contributed by atoms with Crippen LogP contribution in [0, 0.1) is 0 Å². The second kappa shape index (κ2) is 10.4. The standard InChI is InChI=1S/C22H25N3O6/c1-29-16-12-17-20(18(13-16)30-2)22(27)24-21(23-17)14-7-9-15(10-8-14)31-11-5-3-4-6-19(26)25-28/h7-10,12-13,28H,3-6,11H2,1-2H3,(H,25,26)(H,23,24,27). The van der Waals surface area contributed by atoms with Gasteiger partial charge >= 0.3 is 0 Å². The van der Waals surface area contributed by atoms with Gasteiger partial charge in [-0.15, -0.1) is 0 Å². The number of methoxy groups -OCH3 is 2. The van der Waals surface area contributed by atoms with Gasteiger partial charge < -0.3 is 19.2 Å². The highest BCUT2D eigenvalue weighted by Gasteiger charge is 2.13. The summed E-state index contributed by atoms with van der Waals surface area (Å²) in [6.45, 7) is 0.519. The van der Waals surface area contributed by atoms with E-state index in [1.807, 2.05) is 24.3 Å². The average Bonchev–Trinajstić information content (AvgIpc) is 2.80. The Hall–Kier alpha value is -3.59. The second-order valence-corrected chi connectivity index (χ2v) is 6.86. The summed E-state index contributed by atoms with van der Waals surface area (Å²) in [4.78, 5) is 30.9. The zero-order valence-electron chi connectivity index (χ0n) is 17.4. The molecule has 0 spiro atoms. The van der Waals surface area contributed by atoms with Gasteiger partial charge in [0.25, 0.3) is 5.56 Å². The van der Waals surface area contributed by atoms with Crippen LogP contribution in [0.15, 0.2) is 41.2 Å². The number of hydrogen-bond acceptors (Lipinski definition) is 7. The summed E-state index contributed by atoms with van der Waals surface area (Å²) in [5.41, 5.74) is 2.53. The predicted octanol–water partition coefficient (Wildman–Crippen LogP) is 3.05. The number of benzene rings is 2. The molecule has 2 aromatic carbocycles. The summed E-state index contributed by atoms with van der Waals surface area (Å²) in [7, 11) is 3.03. The van der Waals surface area contributed by atoms with E-state index in [9.17, 15) is 9.59 Å². The Balaban J connectivity index is 1.68. The Morgan fingerprint density at radius 3 is 2.52 bits per heavy atom. The van der Waals surface area contributed by atoms with Crippen molar-refractivity contribution in [1.29, 1.82) is 0 Å². The van der Waals surface area contributed by atoms with E-state index in [-0.39, 0.29) is 11.5 Å². The van der Waals surface area contributed by atoms with Crippen molar-refractivity contribution in [3.63, 3.8) is 0 Å². The fraction of sp³-hybridized carbons (Fsp3) is 0.318. The molecule has 3 N–H and O–H groups in total. The van der Waals surface area contributed by atoms with Crippen molar-refractivity contribution in [2.24, 2.45) is 0 Å². The fourth-order valence-corrected chi connectivity index (χ4v) is 3.15. The molecule has 1 amide bonds. The number of rotatable bonds is 10. The number of amides is 1. The molecule has 164 valence electrons. The first-order valence-corrected chi connectivity index (χ1v) is 9.88. The van der Waals surface area contributed by atoms with E-state index in [2.05, 4.69) is 9.97 Å². The number of aromatic nitrogens is 2. The van der Waals surface area contributed by atoms with Crippen molar-refractivity contribution >= 4 is 16.8 Å². The van der Waals surface area contributed by atoms with E-state index in [4.69, 9.17) is 19.4 Å². The highest BCUT2D eigenvalue weighted by molar-refractivity contribution is 5.87. The van der Waals surface area contributed by atoms with Crippen LogP contribution in [0.5, 0.6) is 17.2 Å². The van der Waals surface area contributed by atoms with E-state index >= 15 is 0 Å². The van der Waals surface area contributed by atoms with Crippen molar-refractivity contribution in [1.82, 2.24) is 15.4 Å². The molecule has 0 unspecified atom stereocenters. The third-order valence-electron chi connectivity index (χ3n) is 4.77. The van der Waals surface area contributed by atoms with E-state index in [0.29, 0.717) is 53.4 Å². The van der Waals surface area contributed by atoms with E-state index in [1.54, 1.807) is 24.7 Å². The number of H-pyrrole nitrogens is 1. The quantitative estimate of drug-likeness (QED) is 0.258. The summed E-state index contributed by atoms with van der Waals surface area (Å²) in [5.74, 6) is 1.70. The van der Waals surface area contributed by atoms with Crippen LogP contribution in [-0.4, -0.2) is 41.9 Å². The van der Waals surface area contributed by atoms with Gasteiger partial charge in [0.15, 0.2) is 0 Å². The Morgan fingerprint density at radius 1 is 1.06 bits per heavy atom. The van der Waals surface area contributed by atoms with E-state index in [1.165, 1.54) is 7.11 Å². The summed E-state index contributed by atoms with van der Waals surface area (Å²) in [6, 6.07) is 10.6. The first-order valence-electron chi connectivity index (χ1n) is 9.88. The number of hydrogen-bond donors (Lipinski definition) is 3. The van der Waals surface area contributed by atoms with Gasteiger partial charge in [0, 0.05) is 24.1 Å². The third kappa shape index (κ3) is 5.52. The maximum absolute atomic E-state index is 12.6. The van der Waals surface area contributed by atoms with Crippen LogP contribution in [0.3, 0.4) is 0 Å². The predicted molar refractivity (Wildman–Crippen MR) is 115 cm³/mol. The van der Waals surface area contributed by atoms with Crippen molar-refractivity contribution in [2.75, 3.05) is 20.8 Å². The minimum absolute atomic E-state index is 0.292. The first kappa shape index (κ1) is 22.1. The lowest BCUT2D eigenvalue weighted by Crippen LogP contribution is -2.17. The summed E-state index contributed by atoms with van der Waals surface area (Å²) >= 11 is 0. The molecular weight excluding hydrogens is 402 g/mol. The zero-order chi connectivity index (χ0) is 22.2. The molecule has 3 aromatic rings. The highest BCUT2D eigenvalue weighted by Crippen LogP contribution is 2.29. The third-order valence-corrected chi connectivity index (χ3v) is 4.77. The van der Waals surface area contributed by atoms with Crippen LogP contribution in [0.1, 0.15) is 25.7 Å². The number of fused-ring (bicyclic) bond motifs is 1. The largest absolute Gasteiger partial charge is 0.497 e. The Morgan fingerprint density at radius 2 is 1.84 bits per heavy atom. The van der Waals surface area contributed by atoms with E-state index in [0.717, 1.165) is 18.4 Å². The molecule has 0 aliphatic carbocycles. The van der Waals surface area contributed by atoms with Crippen molar-refractivity contribution in [2.45, 2.75) is 25.7 Å². The topological polar surface area (TPSA) is 123 Å². The van der Waals surface area contributed by atoms with Gasteiger partial charge in [0.2, 0.25) is 5.91 Å².